The molecule has 0 saturated heterocycles. The van der Waals surface area contributed by atoms with Crippen molar-refractivity contribution in [2.24, 2.45) is 0 Å². The van der Waals surface area contributed by atoms with Crippen molar-refractivity contribution in [2.75, 3.05) is 6.54 Å². The fourth-order valence-electron chi connectivity index (χ4n) is 2.20. The maximum Gasteiger partial charge on any atom is 0.269 e. The maximum atomic E-state index is 12.1. The molecule has 1 aromatic heterocycles. The second-order valence-corrected chi connectivity index (χ2v) is 5.88. The fraction of sp³-hybridized carbons (Fsp3) is 0.353. The Bertz CT molecular complexity index is 681. The summed E-state index contributed by atoms with van der Waals surface area (Å²) >= 11 is 5.11. The van der Waals surface area contributed by atoms with E-state index in [4.69, 9.17) is 12.2 Å². The number of unbranched alkanes of at least 4 members (excludes halogenated alkanes) is 2. The van der Waals surface area contributed by atoms with Gasteiger partial charge in [0.1, 0.15) is 0 Å². The summed E-state index contributed by atoms with van der Waals surface area (Å²) in [5.41, 5.74) is 7.80. The normalized spacial score (nSPS) is 10.2. The molecule has 3 N–H and O–H groups in total. The molecule has 0 radical (unpaired) electrons. The molecule has 0 bridgehead atoms. The van der Waals surface area contributed by atoms with Gasteiger partial charge >= 0.3 is 0 Å². The van der Waals surface area contributed by atoms with Crippen LogP contribution in [-0.2, 0) is 0 Å². The molecule has 0 spiro atoms. The van der Waals surface area contributed by atoms with Crippen LogP contribution in [0, 0.1) is 6.92 Å². The van der Waals surface area contributed by atoms with Crippen molar-refractivity contribution < 1.29 is 4.79 Å². The van der Waals surface area contributed by atoms with Crippen molar-refractivity contribution >= 4 is 23.2 Å². The van der Waals surface area contributed by atoms with Crippen molar-refractivity contribution in [1.29, 1.82) is 0 Å². The highest BCUT2D eigenvalue weighted by Crippen LogP contribution is 2.11. The zero-order valence-corrected chi connectivity index (χ0v) is 14.8. The van der Waals surface area contributed by atoms with Crippen molar-refractivity contribution in [3.8, 4) is 5.69 Å². The Morgan fingerprint density at radius 2 is 1.92 bits per heavy atom. The number of thiocarbonyl (C=S) groups is 1. The first-order valence-electron chi connectivity index (χ1n) is 8.07. The number of nitrogens with one attached hydrogen (secondary N) is 3. The van der Waals surface area contributed by atoms with E-state index in [0.717, 1.165) is 37.2 Å². The molecule has 7 heteroatoms. The molecule has 2 rings (SSSR count). The van der Waals surface area contributed by atoms with Crippen molar-refractivity contribution in [1.82, 2.24) is 25.9 Å². The number of hydrazine groups is 1. The molecule has 1 heterocycles. The number of carbonyl (C=O) groups excluding carboxylic acids is 1. The van der Waals surface area contributed by atoms with Gasteiger partial charge in [-0.05, 0) is 55.9 Å². The average Bonchev–Trinajstić information content (AvgIpc) is 3.03. The van der Waals surface area contributed by atoms with Gasteiger partial charge in [-0.25, -0.2) is 4.68 Å². The monoisotopic (exact) mass is 345 g/mol. The third kappa shape index (κ3) is 5.06. The van der Waals surface area contributed by atoms with E-state index < -0.39 is 0 Å². The Kier molecular flexibility index (Phi) is 6.74. The fourth-order valence-corrected chi connectivity index (χ4v) is 2.35. The van der Waals surface area contributed by atoms with E-state index in [-0.39, 0.29) is 5.91 Å². The number of benzene rings is 1. The molecule has 128 valence electrons. The second-order valence-electron chi connectivity index (χ2n) is 5.47. The number of aromatic nitrogens is 2. The Hall–Kier alpha value is -2.41. The standard InChI is InChI=1S/C17H23N5OS/c1-3-4-5-11-18-17(24)21-20-16(23)14-6-8-15(9-7-14)22-13(2)10-12-19-22/h6-10,12H,3-5,11H2,1-2H3,(H,20,23)(H2,18,21,24). The zero-order chi connectivity index (χ0) is 17.4. The molecule has 0 fully saturated rings. The van der Waals surface area contributed by atoms with E-state index in [1.165, 1.54) is 0 Å². The van der Waals surface area contributed by atoms with Gasteiger partial charge in [-0.1, -0.05) is 19.8 Å². The van der Waals surface area contributed by atoms with E-state index in [0.29, 0.717) is 10.7 Å². The van der Waals surface area contributed by atoms with E-state index in [1.807, 2.05) is 29.8 Å². The SMILES string of the molecule is CCCCCNC(=S)NNC(=O)c1ccc(-n2nccc2C)cc1. The summed E-state index contributed by atoms with van der Waals surface area (Å²) in [5.74, 6) is -0.239. The predicted octanol–water partition coefficient (Wildman–Crippen LogP) is 2.48. The van der Waals surface area contributed by atoms with Gasteiger partial charge in [0.15, 0.2) is 5.11 Å². The number of hydrogen-bond donors (Lipinski definition) is 3. The van der Waals surface area contributed by atoms with E-state index in [2.05, 4.69) is 28.2 Å². The van der Waals surface area contributed by atoms with Gasteiger partial charge in [0, 0.05) is 24.0 Å². The molecule has 0 aliphatic rings. The Morgan fingerprint density at radius 1 is 1.17 bits per heavy atom. The lowest BCUT2D eigenvalue weighted by molar-refractivity contribution is 0.0943. The van der Waals surface area contributed by atoms with E-state index in [1.54, 1.807) is 18.3 Å². The summed E-state index contributed by atoms with van der Waals surface area (Å²) in [6.45, 7) is 4.93. The molecule has 1 amide bonds. The molecule has 0 unspecified atom stereocenters. The van der Waals surface area contributed by atoms with Crippen LogP contribution in [-0.4, -0.2) is 27.3 Å². The van der Waals surface area contributed by atoms with Crippen LogP contribution in [0.25, 0.3) is 5.69 Å². The minimum Gasteiger partial charge on any atom is -0.361 e. The van der Waals surface area contributed by atoms with Crippen LogP contribution in [0.15, 0.2) is 36.5 Å². The molecule has 0 saturated carbocycles. The lowest BCUT2D eigenvalue weighted by Gasteiger charge is -2.11. The minimum absolute atomic E-state index is 0.239. The van der Waals surface area contributed by atoms with Crippen LogP contribution in [0.1, 0.15) is 42.2 Å². The van der Waals surface area contributed by atoms with Crippen molar-refractivity contribution in [3.63, 3.8) is 0 Å². The van der Waals surface area contributed by atoms with Crippen LogP contribution in [0.3, 0.4) is 0 Å². The number of carbonyl (C=O) groups is 1. The Balaban J connectivity index is 1.82. The Labute approximate surface area is 147 Å². The minimum atomic E-state index is -0.239. The van der Waals surface area contributed by atoms with Gasteiger partial charge in [0.25, 0.3) is 5.91 Å². The van der Waals surface area contributed by atoms with Crippen LogP contribution in [0.2, 0.25) is 0 Å². The summed E-state index contributed by atoms with van der Waals surface area (Å²) < 4.78 is 1.81. The van der Waals surface area contributed by atoms with Crippen molar-refractivity contribution in [2.45, 2.75) is 33.1 Å². The lowest BCUT2D eigenvalue weighted by atomic mass is 10.2. The summed E-state index contributed by atoms with van der Waals surface area (Å²) in [6.07, 6.45) is 5.12. The maximum absolute atomic E-state index is 12.1. The number of hydrogen-bond acceptors (Lipinski definition) is 3. The topological polar surface area (TPSA) is 71.0 Å². The summed E-state index contributed by atoms with van der Waals surface area (Å²) in [5, 5.41) is 7.71. The van der Waals surface area contributed by atoms with Gasteiger partial charge in [-0.3, -0.25) is 15.6 Å². The van der Waals surface area contributed by atoms with Crippen LogP contribution >= 0.6 is 12.2 Å². The molecule has 1 aromatic carbocycles. The molecule has 0 aliphatic carbocycles. The highest BCUT2D eigenvalue weighted by molar-refractivity contribution is 7.80. The number of amides is 1. The molecular formula is C17H23N5OS. The van der Waals surface area contributed by atoms with Gasteiger partial charge in [0.05, 0.1) is 5.69 Å². The molecule has 6 nitrogen and oxygen atoms in total. The molecule has 2 aromatic rings. The van der Waals surface area contributed by atoms with Crippen LogP contribution < -0.4 is 16.2 Å². The largest absolute Gasteiger partial charge is 0.361 e. The van der Waals surface area contributed by atoms with Gasteiger partial charge in [-0.15, -0.1) is 0 Å². The number of nitrogens with zero attached hydrogens (tertiary/aromatic N) is 2. The quantitative estimate of drug-likeness (QED) is 0.426. The smallest absolute Gasteiger partial charge is 0.269 e. The second kappa shape index (κ2) is 9.02. The Morgan fingerprint density at radius 3 is 2.54 bits per heavy atom. The summed E-state index contributed by atoms with van der Waals surface area (Å²) in [4.78, 5) is 12.1. The zero-order valence-electron chi connectivity index (χ0n) is 14.0. The first-order valence-corrected chi connectivity index (χ1v) is 8.48. The molecule has 0 aliphatic heterocycles. The third-order valence-corrected chi connectivity index (χ3v) is 3.81. The summed E-state index contributed by atoms with van der Waals surface area (Å²) in [7, 11) is 0. The summed E-state index contributed by atoms with van der Waals surface area (Å²) in [6, 6.07) is 9.15. The molecule has 24 heavy (non-hydrogen) atoms. The van der Waals surface area contributed by atoms with E-state index in [9.17, 15) is 4.79 Å². The lowest BCUT2D eigenvalue weighted by Crippen LogP contribution is -2.46. The first-order chi connectivity index (χ1) is 11.6. The highest BCUT2D eigenvalue weighted by Gasteiger charge is 2.07. The van der Waals surface area contributed by atoms with E-state index >= 15 is 0 Å². The van der Waals surface area contributed by atoms with Crippen LogP contribution in [0.4, 0.5) is 0 Å². The van der Waals surface area contributed by atoms with Gasteiger partial charge in [-0.2, -0.15) is 5.10 Å². The first kappa shape index (κ1) is 17.9. The highest BCUT2D eigenvalue weighted by atomic mass is 32.1. The van der Waals surface area contributed by atoms with Gasteiger partial charge < -0.3 is 5.32 Å². The van der Waals surface area contributed by atoms with Crippen LogP contribution in [0.5, 0.6) is 0 Å². The van der Waals surface area contributed by atoms with Crippen molar-refractivity contribution in [3.05, 3.63) is 47.8 Å². The molecular weight excluding hydrogens is 322 g/mol. The number of rotatable bonds is 6. The number of aryl methyl sites for hydroxylation is 1. The third-order valence-electron chi connectivity index (χ3n) is 3.56. The average molecular weight is 345 g/mol. The van der Waals surface area contributed by atoms with Gasteiger partial charge in [0.2, 0.25) is 0 Å². The predicted molar refractivity (Wildman–Crippen MR) is 99.0 cm³/mol. The molecule has 0 atom stereocenters.